The van der Waals surface area contributed by atoms with Gasteiger partial charge in [-0.15, -0.1) is 0 Å². The number of para-hydroxylation sites is 1. The van der Waals surface area contributed by atoms with Crippen LogP contribution in [-0.4, -0.2) is 18.4 Å². The van der Waals surface area contributed by atoms with Gasteiger partial charge in [-0.05, 0) is 49.1 Å². The highest BCUT2D eigenvalue weighted by atomic mass is 16.2. The minimum Gasteiger partial charge on any atom is -0.325 e. The summed E-state index contributed by atoms with van der Waals surface area (Å²) in [5.74, 6) is -0.401. The zero-order valence-electron chi connectivity index (χ0n) is 15.0. The lowest BCUT2D eigenvalue weighted by atomic mass is 10.1. The normalized spacial score (nSPS) is 17.0. The minimum atomic E-state index is -0.322. The van der Waals surface area contributed by atoms with Crippen LogP contribution in [0, 0.1) is 19.8 Å². The molecule has 0 unspecified atom stereocenters. The van der Waals surface area contributed by atoms with Gasteiger partial charge in [0.25, 0.3) is 0 Å². The highest BCUT2D eigenvalue weighted by Crippen LogP contribution is 2.27. The van der Waals surface area contributed by atoms with Gasteiger partial charge in [0, 0.05) is 24.3 Å². The van der Waals surface area contributed by atoms with Crippen molar-refractivity contribution in [2.45, 2.75) is 33.6 Å². The second-order valence-corrected chi connectivity index (χ2v) is 6.68. The molecule has 130 valence electrons. The van der Waals surface area contributed by atoms with Crippen molar-refractivity contribution in [3.63, 3.8) is 0 Å². The molecular weight excluding hydrogens is 312 g/mol. The Morgan fingerprint density at radius 3 is 2.36 bits per heavy atom. The first-order valence-corrected chi connectivity index (χ1v) is 8.76. The largest absolute Gasteiger partial charge is 0.325 e. The molecule has 2 aromatic carbocycles. The number of amides is 2. The number of aryl methyl sites for hydroxylation is 3. The summed E-state index contributed by atoms with van der Waals surface area (Å²) in [5.41, 5.74) is 5.02. The number of nitrogens with one attached hydrogen (secondary N) is 1. The van der Waals surface area contributed by atoms with Crippen molar-refractivity contribution in [2.24, 2.45) is 5.92 Å². The Morgan fingerprint density at radius 2 is 1.76 bits per heavy atom. The second kappa shape index (κ2) is 7.09. The number of anilines is 2. The summed E-state index contributed by atoms with van der Waals surface area (Å²) in [5, 5.41) is 3.01. The smallest absolute Gasteiger partial charge is 0.229 e. The van der Waals surface area contributed by atoms with Crippen molar-refractivity contribution in [2.75, 3.05) is 16.8 Å². The molecule has 0 spiro atoms. The summed E-state index contributed by atoms with van der Waals surface area (Å²) < 4.78 is 0. The Hall–Kier alpha value is -2.62. The average Bonchev–Trinajstić information content (AvgIpc) is 3.00. The topological polar surface area (TPSA) is 49.4 Å². The Balaban J connectivity index is 1.72. The SMILES string of the molecule is CCc1ccc(N2C[C@H](C(=O)Nc3c(C)cccc3C)CC2=O)cc1. The van der Waals surface area contributed by atoms with Crippen molar-refractivity contribution in [1.29, 1.82) is 0 Å². The fourth-order valence-electron chi connectivity index (χ4n) is 3.28. The van der Waals surface area contributed by atoms with Crippen LogP contribution >= 0.6 is 0 Å². The highest BCUT2D eigenvalue weighted by Gasteiger charge is 2.35. The molecule has 2 aromatic rings. The maximum Gasteiger partial charge on any atom is 0.229 e. The molecule has 0 radical (unpaired) electrons. The average molecular weight is 336 g/mol. The van der Waals surface area contributed by atoms with Crippen molar-refractivity contribution in [3.8, 4) is 0 Å². The maximum absolute atomic E-state index is 12.7. The van der Waals surface area contributed by atoms with Crippen LogP contribution in [0.3, 0.4) is 0 Å². The van der Waals surface area contributed by atoms with Crippen LogP contribution in [0.4, 0.5) is 11.4 Å². The quantitative estimate of drug-likeness (QED) is 0.922. The van der Waals surface area contributed by atoms with E-state index in [0.29, 0.717) is 6.54 Å². The number of hydrogen-bond acceptors (Lipinski definition) is 2. The van der Waals surface area contributed by atoms with Gasteiger partial charge in [-0.1, -0.05) is 37.3 Å². The van der Waals surface area contributed by atoms with Crippen LogP contribution < -0.4 is 10.2 Å². The molecule has 1 atom stereocenters. The van der Waals surface area contributed by atoms with Crippen molar-refractivity contribution in [1.82, 2.24) is 0 Å². The van der Waals surface area contributed by atoms with Gasteiger partial charge in [0.05, 0.1) is 5.92 Å². The summed E-state index contributed by atoms with van der Waals surface area (Å²) in [7, 11) is 0. The number of benzene rings is 2. The third-order valence-corrected chi connectivity index (χ3v) is 4.88. The van der Waals surface area contributed by atoms with Gasteiger partial charge in [-0.25, -0.2) is 0 Å². The Kier molecular flexibility index (Phi) is 4.88. The van der Waals surface area contributed by atoms with Crippen molar-refractivity contribution >= 4 is 23.2 Å². The van der Waals surface area contributed by atoms with Gasteiger partial charge in [0.2, 0.25) is 11.8 Å². The van der Waals surface area contributed by atoms with E-state index in [2.05, 4.69) is 12.2 Å². The molecule has 1 heterocycles. The van der Waals surface area contributed by atoms with Crippen LogP contribution in [-0.2, 0) is 16.0 Å². The first-order valence-electron chi connectivity index (χ1n) is 8.76. The molecule has 25 heavy (non-hydrogen) atoms. The third kappa shape index (κ3) is 3.58. The predicted molar refractivity (Wildman–Crippen MR) is 101 cm³/mol. The molecule has 4 heteroatoms. The maximum atomic E-state index is 12.7. The second-order valence-electron chi connectivity index (χ2n) is 6.68. The molecule has 0 bridgehead atoms. The summed E-state index contributed by atoms with van der Waals surface area (Å²) in [4.78, 5) is 26.7. The molecule has 1 fully saturated rings. The first-order chi connectivity index (χ1) is 12.0. The Morgan fingerprint density at radius 1 is 1.12 bits per heavy atom. The molecule has 1 saturated heterocycles. The lowest BCUT2D eigenvalue weighted by Gasteiger charge is -2.18. The van der Waals surface area contributed by atoms with E-state index in [9.17, 15) is 9.59 Å². The van der Waals surface area contributed by atoms with Gasteiger partial charge in [-0.2, -0.15) is 0 Å². The van der Waals surface area contributed by atoms with E-state index in [-0.39, 0.29) is 24.2 Å². The number of carbonyl (C=O) groups is 2. The predicted octanol–water partition coefficient (Wildman–Crippen LogP) is 3.86. The van der Waals surface area contributed by atoms with Crippen LogP contribution in [0.25, 0.3) is 0 Å². The van der Waals surface area contributed by atoms with Crippen LogP contribution in [0.2, 0.25) is 0 Å². The molecule has 0 saturated carbocycles. The monoisotopic (exact) mass is 336 g/mol. The number of carbonyl (C=O) groups excluding carboxylic acids is 2. The third-order valence-electron chi connectivity index (χ3n) is 4.88. The molecule has 2 amide bonds. The first kappa shape index (κ1) is 17.2. The standard InChI is InChI=1S/C21H24N2O2/c1-4-16-8-10-18(11-9-16)23-13-17(12-19(23)24)21(25)22-20-14(2)6-5-7-15(20)3/h5-11,17H,4,12-13H2,1-3H3,(H,22,25)/t17-/m1/s1. The van der Waals surface area contributed by atoms with Crippen LogP contribution in [0.15, 0.2) is 42.5 Å². The fourth-order valence-corrected chi connectivity index (χ4v) is 3.28. The van der Waals surface area contributed by atoms with Gasteiger partial charge in [0.1, 0.15) is 0 Å². The van der Waals surface area contributed by atoms with Crippen molar-refractivity contribution < 1.29 is 9.59 Å². The van der Waals surface area contributed by atoms with Gasteiger partial charge >= 0.3 is 0 Å². The van der Waals surface area contributed by atoms with E-state index in [1.54, 1.807) is 4.90 Å². The Labute approximate surface area is 148 Å². The van der Waals surface area contributed by atoms with Gasteiger partial charge in [0.15, 0.2) is 0 Å². The van der Waals surface area contributed by atoms with E-state index >= 15 is 0 Å². The molecule has 0 aliphatic carbocycles. The van der Waals surface area contributed by atoms with Crippen LogP contribution in [0.1, 0.15) is 30.0 Å². The molecule has 3 rings (SSSR count). The Bertz CT molecular complexity index is 776. The summed E-state index contributed by atoms with van der Waals surface area (Å²) in [6.45, 7) is 6.49. The zero-order valence-corrected chi connectivity index (χ0v) is 15.0. The number of hydrogen-bond donors (Lipinski definition) is 1. The molecule has 1 aliphatic heterocycles. The summed E-state index contributed by atoms with van der Waals surface area (Å²) in [6.07, 6.45) is 1.22. The van der Waals surface area contributed by atoms with E-state index in [1.807, 2.05) is 56.3 Å². The molecule has 1 N–H and O–H groups in total. The number of rotatable bonds is 4. The zero-order chi connectivity index (χ0) is 18.0. The fraction of sp³-hybridized carbons (Fsp3) is 0.333. The van der Waals surface area contributed by atoms with E-state index < -0.39 is 0 Å². The van der Waals surface area contributed by atoms with Crippen LogP contribution in [0.5, 0.6) is 0 Å². The molecule has 1 aliphatic rings. The minimum absolute atomic E-state index is 0.00547. The summed E-state index contributed by atoms with van der Waals surface area (Å²) >= 11 is 0. The number of nitrogens with zero attached hydrogens (tertiary/aromatic N) is 1. The molecule has 0 aromatic heterocycles. The van der Waals surface area contributed by atoms with E-state index in [4.69, 9.17) is 0 Å². The molecular formula is C21H24N2O2. The molecule has 4 nitrogen and oxygen atoms in total. The van der Waals surface area contributed by atoms with E-state index in [0.717, 1.165) is 28.9 Å². The van der Waals surface area contributed by atoms with Gasteiger partial charge < -0.3 is 10.2 Å². The highest BCUT2D eigenvalue weighted by molar-refractivity contribution is 6.03. The van der Waals surface area contributed by atoms with E-state index in [1.165, 1.54) is 5.56 Å². The summed E-state index contributed by atoms with van der Waals surface area (Å²) in [6, 6.07) is 13.9. The lowest BCUT2D eigenvalue weighted by Crippen LogP contribution is -2.28. The lowest BCUT2D eigenvalue weighted by molar-refractivity contribution is -0.122. The van der Waals surface area contributed by atoms with Crippen molar-refractivity contribution in [3.05, 3.63) is 59.2 Å². The van der Waals surface area contributed by atoms with Gasteiger partial charge in [-0.3, -0.25) is 9.59 Å².